The number of aromatic nitrogens is 2. The highest BCUT2D eigenvalue weighted by Gasteiger charge is 2.12. The van der Waals surface area contributed by atoms with E-state index < -0.39 is 5.97 Å². The van der Waals surface area contributed by atoms with Gasteiger partial charge >= 0.3 is 5.97 Å². The summed E-state index contributed by atoms with van der Waals surface area (Å²) in [4.78, 5) is 11.1. The number of carboxylic acid groups (broad SMARTS) is 1. The fourth-order valence-electron chi connectivity index (χ4n) is 1.56. The monoisotopic (exact) mass is 247 g/mol. The summed E-state index contributed by atoms with van der Waals surface area (Å²) in [7, 11) is 3.31. The second-order valence-electron chi connectivity index (χ2n) is 3.72. The molecule has 0 atom stereocenters. The first-order valence-electron chi connectivity index (χ1n) is 5.28. The summed E-state index contributed by atoms with van der Waals surface area (Å²) in [5.41, 5.74) is 0.613. The lowest BCUT2D eigenvalue weighted by Crippen LogP contribution is -2.03. The number of aryl methyl sites for hydroxylation is 1. The third kappa shape index (κ3) is 2.42. The van der Waals surface area contributed by atoms with Gasteiger partial charge in [-0.2, -0.15) is 5.10 Å². The number of anilines is 2. The number of nitrogens with one attached hydrogen (secondary N) is 1. The van der Waals surface area contributed by atoms with E-state index in [1.54, 1.807) is 36.1 Å². The normalized spacial score (nSPS) is 10.1. The number of hydrogen-bond donors (Lipinski definition) is 2. The summed E-state index contributed by atoms with van der Waals surface area (Å²) in [6.07, 6.45) is 1.77. The van der Waals surface area contributed by atoms with Crippen molar-refractivity contribution in [1.82, 2.24) is 9.78 Å². The van der Waals surface area contributed by atoms with Crippen molar-refractivity contribution in [2.45, 2.75) is 0 Å². The van der Waals surface area contributed by atoms with Gasteiger partial charge in [0, 0.05) is 25.4 Å². The zero-order valence-electron chi connectivity index (χ0n) is 10.0. The lowest BCUT2D eigenvalue weighted by molar-refractivity contribution is 0.0698. The summed E-state index contributed by atoms with van der Waals surface area (Å²) in [6, 6.07) is 6.47. The van der Waals surface area contributed by atoms with Crippen molar-refractivity contribution in [3.63, 3.8) is 0 Å². The molecule has 0 spiro atoms. The number of benzene rings is 1. The van der Waals surface area contributed by atoms with Crippen molar-refractivity contribution in [2.24, 2.45) is 7.05 Å². The highest BCUT2D eigenvalue weighted by atomic mass is 16.5. The first-order valence-corrected chi connectivity index (χ1v) is 5.28. The highest BCUT2D eigenvalue weighted by molar-refractivity contribution is 5.95. The molecule has 0 unspecified atom stereocenters. The lowest BCUT2D eigenvalue weighted by Gasteiger charge is -2.09. The van der Waals surface area contributed by atoms with Crippen LogP contribution in [0, 0.1) is 0 Å². The number of nitrogens with zero attached hydrogens (tertiary/aromatic N) is 2. The van der Waals surface area contributed by atoms with Gasteiger partial charge in [-0.15, -0.1) is 0 Å². The first-order chi connectivity index (χ1) is 8.60. The smallest absolute Gasteiger partial charge is 0.337 e. The Bertz CT molecular complexity index is 578. The molecule has 2 N–H and O–H groups in total. The van der Waals surface area contributed by atoms with Gasteiger partial charge in [-0.3, -0.25) is 4.68 Å². The van der Waals surface area contributed by atoms with Gasteiger partial charge in [-0.25, -0.2) is 4.79 Å². The Kier molecular flexibility index (Phi) is 3.18. The number of carboxylic acids is 1. The number of aromatic carboxylic acids is 1. The second-order valence-corrected chi connectivity index (χ2v) is 3.72. The fraction of sp³-hybridized carbons (Fsp3) is 0.167. The van der Waals surface area contributed by atoms with E-state index in [1.165, 1.54) is 13.2 Å². The van der Waals surface area contributed by atoms with Crippen LogP contribution in [-0.2, 0) is 7.05 Å². The van der Waals surface area contributed by atoms with Crippen LogP contribution in [0.25, 0.3) is 0 Å². The van der Waals surface area contributed by atoms with Crippen molar-refractivity contribution in [1.29, 1.82) is 0 Å². The van der Waals surface area contributed by atoms with E-state index in [0.29, 0.717) is 17.3 Å². The van der Waals surface area contributed by atoms with Crippen LogP contribution in [0.2, 0.25) is 0 Å². The minimum atomic E-state index is -1.00. The molecule has 94 valence electrons. The molecule has 1 aromatic heterocycles. The maximum Gasteiger partial charge on any atom is 0.337 e. The number of ether oxygens (including phenoxy) is 1. The molecule has 0 amide bonds. The summed E-state index contributed by atoms with van der Waals surface area (Å²) >= 11 is 0. The average molecular weight is 247 g/mol. The molecule has 0 aliphatic heterocycles. The number of carbonyl (C=O) groups is 1. The van der Waals surface area contributed by atoms with Gasteiger partial charge in [0.25, 0.3) is 0 Å². The second kappa shape index (κ2) is 4.79. The molecule has 1 heterocycles. The van der Waals surface area contributed by atoms with E-state index in [2.05, 4.69) is 10.4 Å². The van der Waals surface area contributed by atoms with Gasteiger partial charge in [0.05, 0.1) is 18.4 Å². The van der Waals surface area contributed by atoms with E-state index in [0.717, 1.165) is 0 Å². The van der Waals surface area contributed by atoms with Crippen molar-refractivity contribution < 1.29 is 14.6 Å². The molecule has 6 heteroatoms. The van der Waals surface area contributed by atoms with Crippen LogP contribution in [0.4, 0.5) is 11.5 Å². The van der Waals surface area contributed by atoms with Crippen molar-refractivity contribution >= 4 is 17.5 Å². The number of methoxy groups -OCH3 is 1. The van der Waals surface area contributed by atoms with Gasteiger partial charge in [0.2, 0.25) is 0 Å². The topological polar surface area (TPSA) is 76.4 Å². The Morgan fingerprint density at radius 1 is 1.44 bits per heavy atom. The molecule has 0 fully saturated rings. The molecular weight excluding hydrogens is 234 g/mol. The van der Waals surface area contributed by atoms with Gasteiger partial charge in [0.1, 0.15) is 5.75 Å². The highest BCUT2D eigenvalue weighted by Crippen LogP contribution is 2.25. The molecule has 0 aliphatic carbocycles. The SMILES string of the molecule is COc1ccc(C(=O)O)c(Nc2ccn(C)n2)c1. The van der Waals surface area contributed by atoms with Crippen molar-refractivity contribution in [3.05, 3.63) is 36.0 Å². The average Bonchev–Trinajstić information content (AvgIpc) is 2.74. The Balaban J connectivity index is 2.37. The molecule has 6 nitrogen and oxygen atoms in total. The molecular formula is C12H13N3O3. The maximum atomic E-state index is 11.1. The largest absolute Gasteiger partial charge is 0.497 e. The Morgan fingerprint density at radius 3 is 2.78 bits per heavy atom. The molecule has 0 radical (unpaired) electrons. The zero-order valence-corrected chi connectivity index (χ0v) is 10.0. The Morgan fingerprint density at radius 2 is 2.22 bits per heavy atom. The molecule has 2 aromatic rings. The predicted octanol–water partition coefficient (Wildman–Crippen LogP) is 1.87. The maximum absolute atomic E-state index is 11.1. The van der Waals surface area contributed by atoms with Crippen LogP contribution in [0.5, 0.6) is 5.75 Å². The predicted molar refractivity (Wildman–Crippen MR) is 66.4 cm³/mol. The third-order valence-corrected chi connectivity index (χ3v) is 2.43. The minimum Gasteiger partial charge on any atom is -0.497 e. The summed E-state index contributed by atoms with van der Waals surface area (Å²) in [6.45, 7) is 0. The third-order valence-electron chi connectivity index (χ3n) is 2.43. The summed E-state index contributed by atoms with van der Waals surface area (Å²) in [5.74, 6) is 0.155. The van der Waals surface area contributed by atoms with Crippen molar-refractivity contribution in [3.8, 4) is 5.75 Å². The van der Waals surface area contributed by atoms with E-state index in [-0.39, 0.29) is 5.56 Å². The van der Waals surface area contributed by atoms with Crippen LogP contribution in [0.1, 0.15) is 10.4 Å². The molecule has 0 saturated heterocycles. The molecule has 0 saturated carbocycles. The van der Waals surface area contributed by atoms with Crippen molar-refractivity contribution in [2.75, 3.05) is 12.4 Å². The van der Waals surface area contributed by atoms with Crippen LogP contribution >= 0.6 is 0 Å². The fourth-order valence-corrected chi connectivity index (χ4v) is 1.56. The number of rotatable bonds is 4. The summed E-state index contributed by atoms with van der Waals surface area (Å²) in [5, 5.41) is 16.2. The van der Waals surface area contributed by atoms with E-state index in [1.807, 2.05) is 0 Å². The lowest BCUT2D eigenvalue weighted by atomic mass is 10.1. The molecule has 1 aromatic carbocycles. The van der Waals surface area contributed by atoms with Crippen LogP contribution in [0.15, 0.2) is 30.5 Å². The Hall–Kier alpha value is -2.50. The van der Waals surface area contributed by atoms with Gasteiger partial charge < -0.3 is 15.2 Å². The van der Waals surface area contributed by atoms with E-state index in [9.17, 15) is 4.79 Å². The van der Waals surface area contributed by atoms with Crippen LogP contribution in [0.3, 0.4) is 0 Å². The van der Waals surface area contributed by atoms with Gasteiger partial charge in [0.15, 0.2) is 5.82 Å². The quantitative estimate of drug-likeness (QED) is 0.862. The summed E-state index contributed by atoms with van der Waals surface area (Å²) < 4.78 is 6.70. The molecule has 18 heavy (non-hydrogen) atoms. The minimum absolute atomic E-state index is 0.168. The first kappa shape index (κ1) is 12.0. The van der Waals surface area contributed by atoms with Crippen LogP contribution < -0.4 is 10.1 Å². The van der Waals surface area contributed by atoms with E-state index >= 15 is 0 Å². The molecule has 2 rings (SSSR count). The Labute approximate surface area is 104 Å². The van der Waals surface area contributed by atoms with E-state index in [4.69, 9.17) is 9.84 Å². The molecule has 0 aliphatic rings. The standard InChI is InChI=1S/C12H13N3O3/c1-15-6-5-11(14-15)13-10-7-8(18-2)3-4-9(10)12(16)17/h3-7H,1-2H3,(H,13,14)(H,16,17). The zero-order chi connectivity index (χ0) is 13.1. The van der Waals surface area contributed by atoms with Crippen LogP contribution in [-0.4, -0.2) is 28.0 Å². The number of hydrogen-bond acceptors (Lipinski definition) is 4. The molecule has 0 bridgehead atoms. The van der Waals surface area contributed by atoms with Gasteiger partial charge in [-0.1, -0.05) is 0 Å². The van der Waals surface area contributed by atoms with Gasteiger partial charge in [-0.05, 0) is 12.1 Å².